The zero-order chi connectivity index (χ0) is 21.3. The second-order valence-corrected chi connectivity index (χ2v) is 6.71. The van der Waals surface area contributed by atoms with E-state index >= 15 is 0 Å². The predicted molar refractivity (Wildman–Crippen MR) is 122 cm³/mol. The first-order valence-corrected chi connectivity index (χ1v) is 9.87. The van der Waals surface area contributed by atoms with Gasteiger partial charge in [0.05, 0.1) is 0 Å². The van der Waals surface area contributed by atoms with Gasteiger partial charge in [0.25, 0.3) is 0 Å². The van der Waals surface area contributed by atoms with E-state index in [1.54, 1.807) is 12.3 Å². The van der Waals surface area contributed by atoms with Crippen molar-refractivity contribution in [3.8, 4) is 33.6 Å². The second kappa shape index (κ2) is 11.8. The van der Waals surface area contributed by atoms with Crippen molar-refractivity contribution in [2.75, 3.05) is 0 Å². The van der Waals surface area contributed by atoms with Crippen molar-refractivity contribution in [3.05, 3.63) is 133 Å². The van der Waals surface area contributed by atoms with Gasteiger partial charge in [0.15, 0.2) is 0 Å². The summed E-state index contributed by atoms with van der Waals surface area (Å²) in [5, 5.41) is 0. The molecule has 159 valence electrons. The average molecular weight is 595 g/mol. The van der Waals surface area contributed by atoms with Crippen molar-refractivity contribution in [2.45, 2.75) is 0 Å². The number of aromatic nitrogens is 2. The minimum atomic E-state index is -0.264. The van der Waals surface area contributed by atoms with E-state index in [2.05, 4.69) is 40.3 Å². The first kappa shape index (κ1) is 23.2. The molecule has 0 saturated heterocycles. The Labute approximate surface area is 201 Å². The van der Waals surface area contributed by atoms with E-state index in [1.807, 2.05) is 72.9 Å². The molecule has 0 fully saturated rings. The van der Waals surface area contributed by atoms with Gasteiger partial charge in [-0.2, -0.15) is 0 Å². The Morgan fingerprint density at radius 2 is 1.34 bits per heavy atom. The van der Waals surface area contributed by atoms with Crippen LogP contribution in [0.15, 0.2) is 116 Å². The molecule has 0 atom stereocenters. The van der Waals surface area contributed by atoms with Crippen molar-refractivity contribution in [1.29, 1.82) is 0 Å². The molecule has 0 amide bonds. The van der Waals surface area contributed by atoms with Gasteiger partial charge < -0.3 is 9.97 Å². The quantitative estimate of drug-likeness (QED) is 0.213. The maximum atomic E-state index is 12.8. The molecule has 0 saturated carbocycles. The number of hydrogen-bond acceptors (Lipinski definition) is 2. The third-order valence-corrected chi connectivity index (χ3v) is 4.56. The Morgan fingerprint density at radius 1 is 0.594 bits per heavy atom. The van der Waals surface area contributed by atoms with Crippen LogP contribution < -0.4 is 0 Å². The monoisotopic (exact) mass is 595 g/mol. The van der Waals surface area contributed by atoms with Crippen LogP contribution in [0.5, 0.6) is 0 Å². The van der Waals surface area contributed by atoms with Gasteiger partial charge in [-0.05, 0) is 28.6 Å². The molecule has 5 rings (SSSR count). The molecule has 0 aliphatic heterocycles. The normalized spacial score (nSPS) is 9.78. The van der Waals surface area contributed by atoms with Gasteiger partial charge in [0.1, 0.15) is 0 Å². The molecule has 0 unspecified atom stereocenters. The van der Waals surface area contributed by atoms with Crippen LogP contribution in [0.4, 0.5) is 4.39 Å². The molecule has 0 N–H and O–H groups in total. The van der Waals surface area contributed by atoms with E-state index in [-0.39, 0.29) is 25.9 Å². The SMILES string of the molecule is Fc1cc[c-]c(-c2ccccn2)c1.[Ir].[c-]1ccccc1-c1ccc(-c2ccccc2)cn1. The van der Waals surface area contributed by atoms with E-state index in [1.165, 1.54) is 17.7 Å². The van der Waals surface area contributed by atoms with Crippen molar-refractivity contribution in [2.24, 2.45) is 0 Å². The Morgan fingerprint density at radius 3 is 2.00 bits per heavy atom. The third-order valence-electron chi connectivity index (χ3n) is 4.56. The fourth-order valence-corrected chi connectivity index (χ4v) is 3.02. The molecule has 32 heavy (non-hydrogen) atoms. The number of pyridine rings is 2. The summed E-state index contributed by atoms with van der Waals surface area (Å²) >= 11 is 0. The summed E-state index contributed by atoms with van der Waals surface area (Å²) < 4.78 is 12.8. The molecule has 2 nitrogen and oxygen atoms in total. The van der Waals surface area contributed by atoms with Crippen LogP contribution in [0.25, 0.3) is 33.6 Å². The summed E-state index contributed by atoms with van der Waals surface area (Å²) in [5.41, 5.74) is 5.72. The van der Waals surface area contributed by atoms with E-state index < -0.39 is 0 Å². The molecule has 2 aromatic heterocycles. The number of nitrogens with zero attached hydrogens (tertiary/aromatic N) is 2. The molecule has 0 spiro atoms. The number of hydrogen-bond donors (Lipinski definition) is 0. The van der Waals surface area contributed by atoms with Crippen LogP contribution in [0.2, 0.25) is 0 Å². The van der Waals surface area contributed by atoms with Gasteiger partial charge in [-0.25, -0.2) is 4.39 Å². The fourth-order valence-electron chi connectivity index (χ4n) is 3.02. The topological polar surface area (TPSA) is 25.8 Å². The molecule has 0 aliphatic rings. The number of benzene rings is 3. The molecule has 4 heteroatoms. The van der Waals surface area contributed by atoms with Crippen molar-refractivity contribution >= 4 is 0 Å². The summed E-state index contributed by atoms with van der Waals surface area (Å²) in [7, 11) is 0. The molecule has 0 bridgehead atoms. The molecular formula is C28H19FIrN2-2. The van der Waals surface area contributed by atoms with Crippen LogP contribution in [-0.4, -0.2) is 9.97 Å². The van der Waals surface area contributed by atoms with E-state index in [0.717, 1.165) is 22.5 Å². The summed E-state index contributed by atoms with van der Waals surface area (Å²) in [6.45, 7) is 0. The van der Waals surface area contributed by atoms with E-state index in [0.29, 0.717) is 5.56 Å². The van der Waals surface area contributed by atoms with Gasteiger partial charge >= 0.3 is 0 Å². The van der Waals surface area contributed by atoms with Gasteiger partial charge in [-0.1, -0.05) is 54.6 Å². The fraction of sp³-hybridized carbons (Fsp3) is 0. The maximum Gasteiger partial charge on any atom is 0.0418 e. The third kappa shape index (κ3) is 6.27. The van der Waals surface area contributed by atoms with Crippen LogP contribution in [0.1, 0.15) is 0 Å². The number of rotatable bonds is 3. The largest absolute Gasteiger partial charge is 0.305 e. The minimum Gasteiger partial charge on any atom is -0.305 e. The van der Waals surface area contributed by atoms with Crippen molar-refractivity contribution < 1.29 is 24.5 Å². The average Bonchev–Trinajstić information content (AvgIpc) is 2.86. The van der Waals surface area contributed by atoms with Crippen LogP contribution in [0, 0.1) is 17.9 Å². The summed E-state index contributed by atoms with van der Waals surface area (Å²) in [6, 6.07) is 38.2. The maximum absolute atomic E-state index is 12.8. The van der Waals surface area contributed by atoms with Crippen LogP contribution in [0.3, 0.4) is 0 Å². The zero-order valence-corrected chi connectivity index (χ0v) is 19.5. The molecule has 1 radical (unpaired) electrons. The van der Waals surface area contributed by atoms with Gasteiger partial charge in [-0.3, -0.25) is 0 Å². The first-order valence-electron chi connectivity index (χ1n) is 9.87. The first-order chi connectivity index (χ1) is 15.3. The van der Waals surface area contributed by atoms with E-state index in [4.69, 9.17) is 0 Å². The molecular weight excluding hydrogens is 576 g/mol. The van der Waals surface area contributed by atoms with Gasteiger partial charge in [0, 0.05) is 38.3 Å². The number of halogens is 1. The standard InChI is InChI=1S/C17H12N.C11H7FN.Ir/c1-3-7-14(8-4-1)16-11-12-17(18-13-16)15-9-5-2-6-10-15;12-10-5-3-4-9(8-10)11-6-1-2-7-13-11;/h1-9,11-13H;1-3,5-8H;/q2*-1;. The van der Waals surface area contributed by atoms with Crippen molar-refractivity contribution in [3.63, 3.8) is 0 Å². The summed E-state index contributed by atoms with van der Waals surface area (Å²) in [6.07, 6.45) is 3.58. The zero-order valence-electron chi connectivity index (χ0n) is 17.1. The summed E-state index contributed by atoms with van der Waals surface area (Å²) in [5.74, 6) is -0.264. The Bertz CT molecular complexity index is 1150. The van der Waals surface area contributed by atoms with Crippen LogP contribution >= 0.6 is 0 Å². The Hall–Kier alpha value is -3.46. The van der Waals surface area contributed by atoms with Crippen molar-refractivity contribution in [1.82, 2.24) is 9.97 Å². The van der Waals surface area contributed by atoms with E-state index in [9.17, 15) is 4.39 Å². The Balaban J connectivity index is 0.000000184. The minimum absolute atomic E-state index is 0. The van der Waals surface area contributed by atoms with Gasteiger partial charge in [0.2, 0.25) is 0 Å². The van der Waals surface area contributed by atoms with Gasteiger partial charge in [-0.15, -0.1) is 65.7 Å². The second-order valence-electron chi connectivity index (χ2n) is 6.71. The smallest absolute Gasteiger partial charge is 0.0418 e. The predicted octanol–water partition coefficient (Wildman–Crippen LogP) is 6.90. The molecule has 2 heterocycles. The summed E-state index contributed by atoms with van der Waals surface area (Å²) in [4.78, 5) is 8.59. The molecule has 5 aromatic rings. The molecule has 3 aromatic carbocycles. The molecule has 0 aliphatic carbocycles. The Kier molecular flexibility index (Phi) is 8.56. The van der Waals surface area contributed by atoms with Crippen LogP contribution in [-0.2, 0) is 20.1 Å².